The summed E-state index contributed by atoms with van der Waals surface area (Å²) in [6, 6.07) is 5.25. The third-order valence-corrected chi connectivity index (χ3v) is 4.96. The standard InChI is InChI=1S/C15H19FN2OS/c1-10-8-18(5-6-19-10)9-11-14(7-17)20-13-4-2-3-12(16)15(11)13/h2-4,10H,5-9,17H2,1H3. The number of ether oxygens (including phenoxy) is 1. The summed E-state index contributed by atoms with van der Waals surface area (Å²) < 4.78 is 20.7. The molecule has 3 rings (SSSR count). The van der Waals surface area contributed by atoms with Crippen molar-refractivity contribution in [3.05, 3.63) is 34.5 Å². The molecular formula is C15H19FN2OS. The Labute approximate surface area is 122 Å². The fourth-order valence-electron chi connectivity index (χ4n) is 2.81. The highest BCUT2D eigenvalue weighted by Crippen LogP contribution is 2.34. The molecular weight excluding hydrogens is 275 g/mol. The largest absolute Gasteiger partial charge is 0.376 e. The molecule has 1 saturated heterocycles. The molecule has 0 bridgehead atoms. The number of nitrogens with zero attached hydrogens (tertiary/aromatic N) is 1. The molecule has 0 spiro atoms. The molecule has 108 valence electrons. The van der Waals surface area contributed by atoms with Crippen molar-refractivity contribution in [2.24, 2.45) is 5.73 Å². The van der Waals surface area contributed by atoms with Gasteiger partial charge < -0.3 is 10.5 Å². The van der Waals surface area contributed by atoms with E-state index in [1.807, 2.05) is 6.07 Å². The normalized spacial score (nSPS) is 20.6. The molecule has 2 heterocycles. The number of thiophene rings is 1. The van der Waals surface area contributed by atoms with Crippen LogP contribution in [0.15, 0.2) is 18.2 Å². The number of rotatable bonds is 3. The second-order valence-electron chi connectivity index (χ2n) is 5.24. The lowest BCUT2D eigenvalue weighted by Gasteiger charge is -2.31. The lowest BCUT2D eigenvalue weighted by atomic mass is 10.1. The van der Waals surface area contributed by atoms with Crippen molar-refractivity contribution in [3.8, 4) is 0 Å². The summed E-state index contributed by atoms with van der Waals surface area (Å²) >= 11 is 1.60. The van der Waals surface area contributed by atoms with Gasteiger partial charge in [0.1, 0.15) is 5.82 Å². The first-order chi connectivity index (χ1) is 9.69. The Hall–Kier alpha value is -1.01. The summed E-state index contributed by atoms with van der Waals surface area (Å²) in [6.07, 6.45) is 0.236. The van der Waals surface area contributed by atoms with Crippen molar-refractivity contribution in [1.82, 2.24) is 4.90 Å². The van der Waals surface area contributed by atoms with Crippen LogP contribution >= 0.6 is 11.3 Å². The minimum atomic E-state index is -0.144. The van der Waals surface area contributed by atoms with Crippen molar-refractivity contribution in [3.63, 3.8) is 0 Å². The highest BCUT2D eigenvalue weighted by Gasteiger charge is 2.21. The molecule has 1 atom stereocenters. The van der Waals surface area contributed by atoms with E-state index in [1.165, 1.54) is 6.07 Å². The van der Waals surface area contributed by atoms with E-state index < -0.39 is 0 Å². The average Bonchev–Trinajstić information content (AvgIpc) is 2.78. The van der Waals surface area contributed by atoms with E-state index >= 15 is 0 Å². The molecule has 0 saturated carbocycles. The highest BCUT2D eigenvalue weighted by atomic mass is 32.1. The van der Waals surface area contributed by atoms with Gasteiger partial charge in [-0.3, -0.25) is 4.90 Å². The molecule has 5 heteroatoms. The lowest BCUT2D eigenvalue weighted by Crippen LogP contribution is -2.40. The van der Waals surface area contributed by atoms with Crippen LogP contribution in [0.3, 0.4) is 0 Å². The van der Waals surface area contributed by atoms with Crippen LogP contribution in [0.5, 0.6) is 0 Å². The molecule has 1 fully saturated rings. The zero-order valence-corrected chi connectivity index (χ0v) is 12.4. The molecule has 0 amide bonds. The molecule has 1 unspecified atom stereocenters. The Morgan fingerprint density at radius 2 is 2.35 bits per heavy atom. The Morgan fingerprint density at radius 1 is 1.50 bits per heavy atom. The summed E-state index contributed by atoms with van der Waals surface area (Å²) in [5.74, 6) is -0.144. The first kappa shape index (κ1) is 13.9. The Balaban J connectivity index is 1.97. The summed E-state index contributed by atoms with van der Waals surface area (Å²) in [5, 5.41) is 0.747. The van der Waals surface area contributed by atoms with E-state index in [1.54, 1.807) is 17.4 Å². The zero-order valence-electron chi connectivity index (χ0n) is 11.6. The zero-order chi connectivity index (χ0) is 14.1. The van der Waals surface area contributed by atoms with Crippen LogP contribution < -0.4 is 5.73 Å². The number of benzene rings is 1. The molecule has 2 N–H and O–H groups in total. The van der Waals surface area contributed by atoms with Crippen LogP contribution in [0.2, 0.25) is 0 Å². The quantitative estimate of drug-likeness (QED) is 0.946. The molecule has 1 aliphatic heterocycles. The lowest BCUT2D eigenvalue weighted by molar-refractivity contribution is -0.0211. The Morgan fingerprint density at radius 3 is 3.10 bits per heavy atom. The van der Waals surface area contributed by atoms with Crippen LogP contribution in [0.1, 0.15) is 17.4 Å². The van der Waals surface area contributed by atoms with E-state index in [0.29, 0.717) is 6.54 Å². The second kappa shape index (κ2) is 5.77. The second-order valence-corrected chi connectivity index (χ2v) is 6.37. The van der Waals surface area contributed by atoms with E-state index in [9.17, 15) is 4.39 Å². The summed E-state index contributed by atoms with van der Waals surface area (Å²) in [7, 11) is 0. The highest BCUT2D eigenvalue weighted by molar-refractivity contribution is 7.19. The van der Waals surface area contributed by atoms with Crippen molar-refractivity contribution >= 4 is 21.4 Å². The number of halogens is 1. The van der Waals surface area contributed by atoms with Crippen LogP contribution in [-0.4, -0.2) is 30.7 Å². The maximum atomic E-state index is 14.1. The van der Waals surface area contributed by atoms with Crippen LogP contribution in [0.25, 0.3) is 10.1 Å². The summed E-state index contributed by atoms with van der Waals surface area (Å²) in [4.78, 5) is 3.41. The van der Waals surface area contributed by atoms with Crippen molar-refractivity contribution in [1.29, 1.82) is 0 Å². The fourth-order valence-corrected chi connectivity index (χ4v) is 3.91. The van der Waals surface area contributed by atoms with Crippen LogP contribution in [-0.2, 0) is 17.8 Å². The minimum absolute atomic E-state index is 0.144. The maximum Gasteiger partial charge on any atom is 0.132 e. The first-order valence-electron chi connectivity index (χ1n) is 6.92. The third kappa shape index (κ3) is 2.59. The van der Waals surface area contributed by atoms with Gasteiger partial charge in [-0.05, 0) is 24.6 Å². The van der Waals surface area contributed by atoms with Gasteiger partial charge in [-0.2, -0.15) is 0 Å². The Bertz CT molecular complexity index is 613. The topological polar surface area (TPSA) is 38.5 Å². The number of nitrogens with two attached hydrogens (primary N) is 1. The SMILES string of the molecule is CC1CN(Cc2c(CN)sc3cccc(F)c23)CCO1. The number of hydrogen-bond acceptors (Lipinski definition) is 4. The predicted octanol–water partition coefficient (Wildman–Crippen LogP) is 2.72. The van der Waals surface area contributed by atoms with Gasteiger partial charge in [0.15, 0.2) is 0 Å². The van der Waals surface area contributed by atoms with Gasteiger partial charge >= 0.3 is 0 Å². The summed E-state index contributed by atoms with van der Waals surface area (Å²) in [5.41, 5.74) is 6.90. The minimum Gasteiger partial charge on any atom is -0.376 e. The predicted molar refractivity (Wildman–Crippen MR) is 80.4 cm³/mol. The molecule has 0 radical (unpaired) electrons. The van der Waals surface area contributed by atoms with Crippen molar-refractivity contribution in [2.75, 3.05) is 19.7 Å². The van der Waals surface area contributed by atoms with Gasteiger partial charge in [0.05, 0.1) is 12.7 Å². The maximum absolute atomic E-state index is 14.1. The van der Waals surface area contributed by atoms with Gasteiger partial charge in [0.25, 0.3) is 0 Å². The van der Waals surface area contributed by atoms with Crippen molar-refractivity contribution in [2.45, 2.75) is 26.1 Å². The molecule has 20 heavy (non-hydrogen) atoms. The smallest absolute Gasteiger partial charge is 0.132 e. The molecule has 0 aliphatic carbocycles. The Kier molecular flexibility index (Phi) is 4.03. The number of morpholine rings is 1. The molecule has 1 aliphatic rings. The molecule has 3 nitrogen and oxygen atoms in total. The van der Waals surface area contributed by atoms with E-state index in [-0.39, 0.29) is 11.9 Å². The van der Waals surface area contributed by atoms with Crippen molar-refractivity contribution < 1.29 is 9.13 Å². The van der Waals surface area contributed by atoms with Crippen LogP contribution in [0.4, 0.5) is 4.39 Å². The first-order valence-corrected chi connectivity index (χ1v) is 7.73. The van der Waals surface area contributed by atoms with Gasteiger partial charge in [-0.1, -0.05) is 6.07 Å². The molecule has 2 aromatic rings. The number of hydrogen-bond donors (Lipinski definition) is 1. The van der Waals surface area contributed by atoms with E-state index in [4.69, 9.17) is 10.5 Å². The van der Waals surface area contributed by atoms with Gasteiger partial charge in [-0.25, -0.2) is 4.39 Å². The van der Waals surface area contributed by atoms with E-state index in [0.717, 1.165) is 46.8 Å². The molecule has 1 aromatic heterocycles. The van der Waals surface area contributed by atoms with Gasteiger partial charge in [0, 0.05) is 41.1 Å². The molecule has 1 aromatic carbocycles. The van der Waals surface area contributed by atoms with Crippen LogP contribution in [0, 0.1) is 5.82 Å². The third-order valence-electron chi connectivity index (χ3n) is 3.74. The van der Waals surface area contributed by atoms with Gasteiger partial charge in [0.2, 0.25) is 0 Å². The summed E-state index contributed by atoms with van der Waals surface area (Å²) in [6.45, 7) is 5.80. The number of fused-ring (bicyclic) bond motifs is 1. The van der Waals surface area contributed by atoms with E-state index in [2.05, 4.69) is 11.8 Å². The average molecular weight is 294 g/mol. The van der Waals surface area contributed by atoms with Gasteiger partial charge in [-0.15, -0.1) is 11.3 Å². The fraction of sp³-hybridized carbons (Fsp3) is 0.467. The monoisotopic (exact) mass is 294 g/mol.